The molecule has 0 saturated heterocycles. The van der Waals surface area contributed by atoms with Crippen molar-refractivity contribution in [3.63, 3.8) is 0 Å². The van der Waals surface area contributed by atoms with E-state index in [-0.39, 0.29) is 5.57 Å². The van der Waals surface area contributed by atoms with Gasteiger partial charge in [-0.15, -0.1) is 10.2 Å². The van der Waals surface area contributed by atoms with Crippen molar-refractivity contribution < 1.29 is 19.4 Å². The summed E-state index contributed by atoms with van der Waals surface area (Å²) in [5.41, 5.74) is 1.44. The van der Waals surface area contributed by atoms with Gasteiger partial charge in [0.05, 0.1) is 11.6 Å². The second-order valence-corrected chi connectivity index (χ2v) is 8.38. The number of nitrogens with zero attached hydrogens (tertiary/aromatic N) is 3. The molecule has 8 heteroatoms. The molecule has 0 aliphatic carbocycles. The van der Waals surface area contributed by atoms with Crippen LogP contribution in [0.15, 0.2) is 84.7 Å². The number of carbonyl (C=O) groups is 2. The van der Waals surface area contributed by atoms with Crippen LogP contribution in [0.2, 0.25) is 0 Å². The van der Waals surface area contributed by atoms with Gasteiger partial charge >= 0.3 is 0 Å². The Morgan fingerprint density at radius 1 is 1.18 bits per heavy atom. The van der Waals surface area contributed by atoms with Crippen LogP contribution in [0.25, 0.3) is 6.08 Å². The molecule has 1 atom stereocenters. The Labute approximate surface area is 195 Å². The SMILES string of the molecule is C=CCOc1ccc(C2C(C(=O)C=Cc3ccccc3)=C(O)C(=O)N2c2nnc(C)s2)cc1. The number of anilines is 1. The average Bonchev–Trinajstić information content (AvgIpc) is 3.37. The molecule has 2 heterocycles. The van der Waals surface area contributed by atoms with Gasteiger partial charge in [-0.05, 0) is 36.3 Å². The largest absolute Gasteiger partial charge is 0.503 e. The van der Waals surface area contributed by atoms with Crippen LogP contribution in [0.5, 0.6) is 5.75 Å². The van der Waals surface area contributed by atoms with Gasteiger partial charge in [-0.3, -0.25) is 14.5 Å². The minimum atomic E-state index is -0.855. The first kappa shape index (κ1) is 22.2. The van der Waals surface area contributed by atoms with Crippen LogP contribution in [0.3, 0.4) is 0 Å². The lowest BCUT2D eigenvalue weighted by molar-refractivity contribution is -0.117. The summed E-state index contributed by atoms with van der Waals surface area (Å²) in [6.45, 7) is 5.75. The molecule has 7 nitrogen and oxygen atoms in total. The molecular formula is C25H21N3O4S. The maximum atomic E-state index is 13.2. The Balaban J connectivity index is 1.74. The molecule has 1 unspecified atom stereocenters. The molecule has 1 aromatic heterocycles. The number of benzene rings is 2. The smallest absolute Gasteiger partial charge is 0.296 e. The van der Waals surface area contributed by atoms with E-state index in [4.69, 9.17) is 4.74 Å². The number of carbonyl (C=O) groups excluding carboxylic acids is 2. The summed E-state index contributed by atoms with van der Waals surface area (Å²) in [7, 11) is 0. The lowest BCUT2D eigenvalue weighted by Gasteiger charge is -2.24. The molecule has 0 saturated carbocycles. The van der Waals surface area contributed by atoms with Gasteiger partial charge in [0.1, 0.15) is 17.4 Å². The monoisotopic (exact) mass is 459 g/mol. The number of hydrogen-bond acceptors (Lipinski definition) is 7. The number of aromatic nitrogens is 2. The highest BCUT2D eigenvalue weighted by molar-refractivity contribution is 7.15. The molecule has 0 bridgehead atoms. The number of hydrogen-bond donors (Lipinski definition) is 1. The maximum absolute atomic E-state index is 13.2. The fraction of sp³-hybridized carbons (Fsp3) is 0.120. The zero-order chi connectivity index (χ0) is 23.4. The van der Waals surface area contributed by atoms with Crippen molar-refractivity contribution >= 4 is 34.2 Å². The molecular weight excluding hydrogens is 438 g/mol. The second kappa shape index (κ2) is 9.62. The molecule has 1 aliphatic rings. The highest BCUT2D eigenvalue weighted by atomic mass is 32.1. The number of aryl methyl sites for hydroxylation is 1. The summed E-state index contributed by atoms with van der Waals surface area (Å²) in [6.07, 6.45) is 4.64. The standard InChI is InChI=1S/C25H21N3O4S/c1-3-15-32-19-12-10-18(11-13-19)22-21(20(29)14-9-17-7-5-4-6-8-17)23(30)24(31)28(22)25-27-26-16(2)33-25/h3-14,22,30H,1,15H2,2H3. The number of aliphatic hydroxyl groups excluding tert-OH is 1. The molecule has 4 rings (SSSR count). The number of amides is 1. The molecule has 0 radical (unpaired) electrons. The van der Waals surface area contributed by atoms with E-state index in [1.165, 1.54) is 22.3 Å². The van der Waals surface area contributed by atoms with E-state index in [0.717, 1.165) is 5.56 Å². The second-order valence-electron chi connectivity index (χ2n) is 7.22. The van der Waals surface area contributed by atoms with Crippen molar-refractivity contribution in [2.24, 2.45) is 0 Å². The Bertz CT molecular complexity index is 1250. The van der Waals surface area contributed by atoms with Gasteiger partial charge in [0.25, 0.3) is 5.91 Å². The van der Waals surface area contributed by atoms with Gasteiger partial charge in [-0.25, -0.2) is 0 Å². The quantitative estimate of drug-likeness (QED) is 0.391. The Hall–Kier alpha value is -4.04. The highest BCUT2D eigenvalue weighted by Gasteiger charge is 2.45. The molecule has 166 valence electrons. The van der Waals surface area contributed by atoms with Crippen molar-refractivity contribution in [3.8, 4) is 5.75 Å². The van der Waals surface area contributed by atoms with E-state index >= 15 is 0 Å². The summed E-state index contributed by atoms with van der Waals surface area (Å²) >= 11 is 1.21. The molecule has 2 aromatic carbocycles. The first-order valence-corrected chi connectivity index (χ1v) is 11.0. The predicted octanol–water partition coefficient (Wildman–Crippen LogP) is 4.59. The maximum Gasteiger partial charge on any atom is 0.296 e. The van der Waals surface area contributed by atoms with Crippen molar-refractivity contribution in [1.82, 2.24) is 10.2 Å². The first-order valence-electron chi connectivity index (χ1n) is 10.2. The molecule has 3 aromatic rings. The van der Waals surface area contributed by atoms with Gasteiger partial charge in [0.15, 0.2) is 11.5 Å². The van der Waals surface area contributed by atoms with E-state index in [1.54, 1.807) is 43.3 Å². The van der Waals surface area contributed by atoms with Crippen LogP contribution in [0, 0.1) is 6.92 Å². The number of rotatable bonds is 8. The minimum Gasteiger partial charge on any atom is -0.503 e. The molecule has 33 heavy (non-hydrogen) atoms. The van der Waals surface area contributed by atoms with E-state index < -0.39 is 23.5 Å². The summed E-state index contributed by atoms with van der Waals surface area (Å²) in [5.74, 6) is -1.14. The average molecular weight is 460 g/mol. The third kappa shape index (κ3) is 4.61. The lowest BCUT2D eigenvalue weighted by atomic mass is 9.95. The third-order valence-corrected chi connectivity index (χ3v) is 5.82. The topological polar surface area (TPSA) is 92.6 Å². The Morgan fingerprint density at radius 2 is 1.91 bits per heavy atom. The number of ether oxygens (including phenoxy) is 1. The first-order chi connectivity index (χ1) is 16.0. The normalized spacial score (nSPS) is 16.0. The van der Waals surface area contributed by atoms with Crippen LogP contribution in [-0.2, 0) is 9.59 Å². The minimum absolute atomic E-state index is 0.0141. The summed E-state index contributed by atoms with van der Waals surface area (Å²) < 4.78 is 5.53. The zero-order valence-corrected chi connectivity index (χ0v) is 18.7. The zero-order valence-electron chi connectivity index (χ0n) is 17.8. The van der Waals surface area contributed by atoms with Gasteiger partial charge in [-0.1, -0.05) is 72.5 Å². The van der Waals surface area contributed by atoms with Crippen molar-refractivity contribution in [2.75, 3.05) is 11.5 Å². The highest BCUT2D eigenvalue weighted by Crippen LogP contribution is 2.42. The number of allylic oxidation sites excluding steroid dienone is 1. The lowest BCUT2D eigenvalue weighted by Crippen LogP contribution is -2.30. The van der Waals surface area contributed by atoms with Crippen molar-refractivity contribution in [3.05, 3.63) is 101 Å². The fourth-order valence-corrected chi connectivity index (χ4v) is 4.19. The van der Waals surface area contributed by atoms with Crippen LogP contribution in [0.1, 0.15) is 22.2 Å². The third-order valence-electron chi connectivity index (χ3n) is 4.99. The summed E-state index contributed by atoms with van der Waals surface area (Å²) in [5, 5.41) is 19.7. The van der Waals surface area contributed by atoms with Crippen LogP contribution in [-0.4, -0.2) is 33.6 Å². The number of ketones is 1. The van der Waals surface area contributed by atoms with E-state index in [2.05, 4.69) is 16.8 Å². The summed E-state index contributed by atoms with van der Waals surface area (Å²) in [4.78, 5) is 27.5. The van der Waals surface area contributed by atoms with Crippen molar-refractivity contribution in [2.45, 2.75) is 13.0 Å². The molecule has 0 spiro atoms. The molecule has 0 fully saturated rings. The van der Waals surface area contributed by atoms with E-state index in [9.17, 15) is 14.7 Å². The van der Waals surface area contributed by atoms with Gasteiger partial charge in [0, 0.05) is 0 Å². The Morgan fingerprint density at radius 3 is 2.55 bits per heavy atom. The van der Waals surface area contributed by atoms with Crippen LogP contribution in [0.4, 0.5) is 5.13 Å². The number of aliphatic hydroxyl groups is 1. The molecule has 1 N–H and O–H groups in total. The fourth-order valence-electron chi connectivity index (χ4n) is 3.48. The van der Waals surface area contributed by atoms with E-state index in [0.29, 0.717) is 28.1 Å². The van der Waals surface area contributed by atoms with Gasteiger partial charge < -0.3 is 9.84 Å². The van der Waals surface area contributed by atoms with Crippen LogP contribution >= 0.6 is 11.3 Å². The summed E-state index contributed by atoms with van der Waals surface area (Å²) in [6, 6.07) is 15.4. The molecule has 1 amide bonds. The Kier molecular flexibility index (Phi) is 6.46. The molecule has 1 aliphatic heterocycles. The van der Waals surface area contributed by atoms with Gasteiger partial charge in [-0.2, -0.15) is 0 Å². The van der Waals surface area contributed by atoms with Crippen molar-refractivity contribution in [1.29, 1.82) is 0 Å². The predicted molar refractivity (Wildman–Crippen MR) is 127 cm³/mol. The van der Waals surface area contributed by atoms with Gasteiger partial charge in [0.2, 0.25) is 5.13 Å². The van der Waals surface area contributed by atoms with Crippen LogP contribution < -0.4 is 9.64 Å². The van der Waals surface area contributed by atoms with E-state index in [1.807, 2.05) is 30.3 Å².